The number of aryl methyl sites for hydroxylation is 3. The quantitative estimate of drug-likeness (QED) is 0.897. The number of hydrogen-bond donors (Lipinski definition) is 1. The van der Waals surface area contributed by atoms with Gasteiger partial charge < -0.3 is 5.32 Å². The molecule has 2 aromatic rings. The molecule has 106 valence electrons. The number of rotatable bonds is 3. The molecule has 0 radical (unpaired) electrons. The summed E-state index contributed by atoms with van der Waals surface area (Å²) >= 11 is 1.70. The molecule has 20 heavy (non-hydrogen) atoms. The number of amides is 1. The highest BCUT2D eigenvalue weighted by molar-refractivity contribution is 7.12. The Morgan fingerprint density at radius 3 is 2.55 bits per heavy atom. The molecule has 1 aromatic carbocycles. The third-order valence-corrected chi connectivity index (χ3v) is 4.24. The predicted molar refractivity (Wildman–Crippen MR) is 80.8 cm³/mol. The Balaban J connectivity index is 2.19. The van der Waals surface area contributed by atoms with Gasteiger partial charge in [-0.25, -0.2) is 4.39 Å². The highest BCUT2D eigenvalue weighted by atomic mass is 32.1. The molecule has 0 aliphatic heterocycles. The molecule has 1 amide bonds. The van der Waals surface area contributed by atoms with Crippen LogP contribution in [0.5, 0.6) is 0 Å². The SMILES string of the molecule is Cc1ccc(F)c(C(=O)NC(C)c2cc(C)sc2C)c1. The topological polar surface area (TPSA) is 29.1 Å². The molecule has 1 N–H and O–H groups in total. The average Bonchev–Trinajstić information content (AvgIpc) is 2.71. The Labute approximate surface area is 122 Å². The van der Waals surface area contributed by atoms with Gasteiger partial charge >= 0.3 is 0 Å². The summed E-state index contributed by atoms with van der Waals surface area (Å²) in [6.45, 7) is 7.82. The molecule has 1 aromatic heterocycles. The van der Waals surface area contributed by atoms with Crippen molar-refractivity contribution in [2.24, 2.45) is 0 Å². The van der Waals surface area contributed by atoms with Crippen molar-refractivity contribution in [2.45, 2.75) is 33.7 Å². The Morgan fingerprint density at radius 1 is 1.25 bits per heavy atom. The maximum Gasteiger partial charge on any atom is 0.254 e. The molecule has 2 nitrogen and oxygen atoms in total. The van der Waals surface area contributed by atoms with Crippen LogP contribution in [0.25, 0.3) is 0 Å². The number of benzene rings is 1. The molecular formula is C16H18FNOS. The summed E-state index contributed by atoms with van der Waals surface area (Å²) in [4.78, 5) is 14.6. The maximum absolute atomic E-state index is 13.7. The van der Waals surface area contributed by atoms with Crippen molar-refractivity contribution < 1.29 is 9.18 Å². The van der Waals surface area contributed by atoms with Gasteiger partial charge in [0.1, 0.15) is 5.82 Å². The number of carbonyl (C=O) groups excluding carboxylic acids is 1. The van der Waals surface area contributed by atoms with Gasteiger partial charge in [0.25, 0.3) is 5.91 Å². The minimum Gasteiger partial charge on any atom is -0.345 e. The van der Waals surface area contributed by atoms with E-state index in [1.807, 2.05) is 27.7 Å². The lowest BCUT2D eigenvalue weighted by Crippen LogP contribution is -2.27. The monoisotopic (exact) mass is 291 g/mol. The zero-order chi connectivity index (χ0) is 14.9. The summed E-state index contributed by atoms with van der Waals surface area (Å²) < 4.78 is 13.7. The summed E-state index contributed by atoms with van der Waals surface area (Å²) in [5, 5.41) is 2.86. The Bertz CT molecular complexity index is 648. The summed E-state index contributed by atoms with van der Waals surface area (Å²) in [6, 6.07) is 6.49. The minimum atomic E-state index is -0.487. The second-order valence-corrected chi connectivity index (χ2v) is 6.51. The summed E-state index contributed by atoms with van der Waals surface area (Å²) in [7, 11) is 0. The first-order chi connectivity index (χ1) is 9.38. The third-order valence-electron chi connectivity index (χ3n) is 3.26. The second-order valence-electron chi connectivity index (χ2n) is 5.05. The lowest BCUT2D eigenvalue weighted by atomic mass is 10.1. The Hall–Kier alpha value is -1.68. The van der Waals surface area contributed by atoms with Crippen LogP contribution < -0.4 is 5.32 Å². The number of nitrogens with one attached hydrogen (secondary N) is 1. The van der Waals surface area contributed by atoms with Crippen LogP contribution in [0.3, 0.4) is 0 Å². The van der Waals surface area contributed by atoms with Gasteiger partial charge in [-0.1, -0.05) is 11.6 Å². The first kappa shape index (κ1) is 14.7. The van der Waals surface area contributed by atoms with Crippen molar-refractivity contribution in [1.29, 1.82) is 0 Å². The zero-order valence-corrected chi connectivity index (χ0v) is 12.9. The molecule has 0 aliphatic carbocycles. The fraction of sp³-hybridized carbons (Fsp3) is 0.312. The van der Waals surface area contributed by atoms with Crippen molar-refractivity contribution in [3.05, 3.63) is 56.5 Å². The van der Waals surface area contributed by atoms with Crippen LogP contribution in [-0.4, -0.2) is 5.91 Å². The van der Waals surface area contributed by atoms with E-state index in [4.69, 9.17) is 0 Å². The standard InChI is InChI=1S/C16H18FNOS/c1-9-5-6-15(17)14(7-9)16(19)18-11(3)13-8-10(2)20-12(13)4/h5-8,11H,1-4H3,(H,18,19). The van der Waals surface area contributed by atoms with Crippen LogP contribution in [0.1, 0.15) is 44.2 Å². The molecule has 4 heteroatoms. The van der Waals surface area contributed by atoms with E-state index in [1.54, 1.807) is 23.5 Å². The van der Waals surface area contributed by atoms with E-state index < -0.39 is 5.82 Å². The molecule has 0 fully saturated rings. The smallest absolute Gasteiger partial charge is 0.254 e. The van der Waals surface area contributed by atoms with Crippen LogP contribution >= 0.6 is 11.3 Å². The van der Waals surface area contributed by atoms with E-state index in [-0.39, 0.29) is 17.5 Å². The Kier molecular flexibility index (Phi) is 4.23. The largest absolute Gasteiger partial charge is 0.345 e. The highest BCUT2D eigenvalue weighted by Crippen LogP contribution is 2.26. The number of thiophene rings is 1. The Morgan fingerprint density at radius 2 is 1.95 bits per heavy atom. The summed E-state index contributed by atoms with van der Waals surface area (Å²) in [5.41, 5.74) is 2.06. The molecule has 1 atom stereocenters. The molecule has 0 aliphatic rings. The first-order valence-electron chi connectivity index (χ1n) is 6.52. The number of halogens is 1. The van der Waals surface area contributed by atoms with Crippen LogP contribution in [-0.2, 0) is 0 Å². The molecule has 0 saturated carbocycles. The fourth-order valence-electron chi connectivity index (χ4n) is 2.25. The first-order valence-corrected chi connectivity index (χ1v) is 7.34. The van der Waals surface area contributed by atoms with Crippen LogP contribution in [0.2, 0.25) is 0 Å². The van der Waals surface area contributed by atoms with Gasteiger partial charge in [0.05, 0.1) is 11.6 Å². The van der Waals surface area contributed by atoms with Crippen LogP contribution in [0.4, 0.5) is 4.39 Å². The van der Waals surface area contributed by atoms with E-state index in [2.05, 4.69) is 11.4 Å². The van der Waals surface area contributed by atoms with Crippen molar-refractivity contribution in [2.75, 3.05) is 0 Å². The zero-order valence-electron chi connectivity index (χ0n) is 12.1. The molecule has 1 heterocycles. The van der Waals surface area contributed by atoms with Crippen LogP contribution in [0.15, 0.2) is 24.3 Å². The molecule has 0 spiro atoms. The van der Waals surface area contributed by atoms with E-state index in [1.165, 1.54) is 15.8 Å². The van der Waals surface area contributed by atoms with Gasteiger partial charge in [0.15, 0.2) is 0 Å². The third kappa shape index (κ3) is 3.07. The second kappa shape index (κ2) is 5.75. The van der Waals surface area contributed by atoms with E-state index >= 15 is 0 Å². The maximum atomic E-state index is 13.7. The lowest BCUT2D eigenvalue weighted by molar-refractivity contribution is 0.0935. The normalized spacial score (nSPS) is 12.2. The van der Waals surface area contributed by atoms with E-state index in [0.29, 0.717) is 0 Å². The summed E-state index contributed by atoms with van der Waals surface area (Å²) in [6.07, 6.45) is 0. The minimum absolute atomic E-state index is 0.0986. The van der Waals surface area contributed by atoms with Crippen molar-refractivity contribution in [3.63, 3.8) is 0 Å². The van der Waals surface area contributed by atoms with Gasteiger partial charge in [-0.2, -0.15) is 0 Å². The molecule has 2 rings (SSSR count). The number of carbonyl (C=O) groups is 1. The molecular weight excluding hydrogens is 273 g/mol. The molecule has 0 bridgehead atoms. The van der Waals surface area contributed by atoms with Gasteiger partial charge in [-0.15, -0.1) is 11.3 Å². The number of hydrogen-bond acceptors (Lipinski definition) is 2. The fourth-order valence-corrected chi connectivity index (χ4v) is 3.27. The van der Waals surface area contributed by atoms with Gasteiger partial charge in [0.2, 0.25) is 0 Å². The van der Waals surface area contributed by atoms with Crippen molar-refractivity contribution in [3.8, 4) is 0 Å². The predicted octanol–water partition coefficient (Wildman–Crippen LogP) is 4.30. The van der Waals surface area contributed by atoms with Crippen LogP contribution in [0, 0.1) is 26.6 Å². The van der Waals surface area contributed by atoms with E-state index in [9.17, 15) is 9.18 Å². The molecule has 0 saturated heterocycles. The highest BCUT2D eigenvalue weighted by Gasteiger charge is 2.17. The van der Waals surface area contributed by atoms with Crippen molar-refractivity contribution in [1.82, 2.24) is 5.32 Å². The lowest BCUT2D eigenvalue weighted by Gasteiger charge is -2.14. The van der Waals surface area contributed by atoms with Crippen molar-refractivity contribution >= 4 is 17.2 Å². The molecule has 1 unspecified atom stereocenters. The van der Waals surface area contributed by atoms with Gasteiger partial charge in [-0.3, -0.25) is 4.79 Å². The average molecular weight is 291 g/mol. The van der Waals surface area contributed by atoms with E-state index in [0.717, 1.165) is 11.1 Å². The summed E-state index contributed by atoms with van der Waals surface area (Å²) in [5.74, 6) is -0.861. The van der Waals surface area contributed by atoms with Gasteiger partial charge in [-0.05, 0) is 51.5 Å². The van der Waals surface area contributed by atoms with Gasteiger partial charge in [0, 0.05) is 9.75 Å².